The van der Waals surface area contributed by atoms with E-state index >= 15 is 0 Å². The molecule has 3 heteroatoms. The fraction of sp³-hybridized carbons (Fsp3) is 0. The molecule has 0 aromatic carbocycles. The SMILES string of the molecule is N#C[Si]N. The van der Waals surface area contributed by atoms with E-state index in [0.717, 1.165) is 0 Å². The molecule has 2 N–H and O–H groups in total. The molecule has 0 bridgehead atoms. The number of nitrogens with zero attached hydrogens (tertiary/aromatic N) is 1. The van der Waals surface area contributed by atoms with E-state index in [1.807, 2.05) is 0 Å². The Labute approximate surface area is 27.1 Å². The maximum Gasteiger partial charge on any atom is 0.283 e. The third kappa shape index (κ3) is 1.67. The molecule has 20 valence electrons. The summed E-state index contributed by atoms with van der Waals surface area (Å²) < 4.78 is 0. The van der Waals surface area contributed by atoms with Gasteiger partial charge in [0.2, 0.25) is 0 Å². The second-order valence-corrected chi connectivity index (χ2v) is 0.768. The van der Waals surface area contributed by atoms with Crippen molar-refractivity contribution in [3.8, 4) is 5.69 Å². The molecular weight excluding hydrogens is 68.1 g/mol. The molecule has 0 amide bonds. The van der Waals surface area contributed by atoms with E-state index in [9.17, 15) is 0 Å². The number of nitriles is 1. The van der Waals surface area contributed by atoms with Gasteiger partial charge in [-0.2, -0.15) is 0 Å². The molecule has 0 unspecified atom stereocenters. The number of hydrogen-bond donors (Lipinski definition) is 1. The Kier molecular flexibility index (Phi) is 2.44. The largest absolute Gasteiger partial charge is 0.340 e. The van der Waals surface area contributed by atoms with Crippen LogP contribution in [0.25, 0.3) is 0 Å². The Balaban J connectivity index is 2.43. The highest BCUT2D eigenvalue weighted by atomic mass is 28.2. The zero-order valence-corrected chi connectivity index (χ0v) is 3.02. The summed E-state index contributed by atoms with van der Waals surface area (Å²) in [5.74, 6) is 0. The van der Waals surface area contributed by atoms with Crippen LogP contribution in [0.3, 0.4) is 0 Å². The van der Waals surface area contributed by atoms with E-state index in [2.05, 4.69) is 0 Å². The van der Waals surface area contributed by atoms with Crippen molar-refractivity contribution in [2.45, 2.75) is 0 Å². The summed E-state index contributed by atoms with van der Waals surface area (Å²) in [5, 5.41) is 12.2. The molecule has 0 saturated heterocycles. The van der Waals surface area contributed by atoms with Gasteiger partial charge in [0.25, 0.3) is 9.68 Å². The van der Waals surface area contributed by atoms with Crippen LogP contribution in [0.4, 0.5) is 0 Å². The highest BCUT2D eigenvalue weighted by Gasteiger charge is 1.56. The molecule has 0 aliphatic carbocycles. The molecular formula is CH2N2Si. The van der Waals surface area contributed by atoms with Gasteiger partial charge in [0.15, 0.2) is 0 Å². The molecule has 2 radical (unpaired) electrons. The average Bonchev–Trinajstić information content (AvgIpc) is 1.37. The zero-order chi connectivity index (χ0) is 3.41. The van der Waals surface area contributed by atoms with Crippen LogP contribution in [-0.2, 0) is 0 Å². The average molecular weight is 70.1 g/mol. The van der Waals surface area contributed by atoms with Crippen molar-refractivity contribution >= 4 is 9.68 Å². The first-order valence-electron chi connectivity index (χ1n) is 0.762. The van der Waals surface area contributed by atoms with Crippen LogP contribution in [0.1, 0.15) is 0 Å². The first-order chi connectivity index (χ1) is 1.91. The van der Waals surface area contributed by atoms with Crippen molar-refractivity contribution in [3.63, 3.8) is 0 Å². The molecule has 0 aromatic rings. The topological polar surface area (TPSA) is 49.8 Å². The summed E-state index contributed by atoms with van der Waals surface area (Å²) in [6, 6.07) is 0. The maximum atomic E-state index is 7.51. The number of nitrogens with two attached hydrogens (primary N) is 1. The van der Waals surface area contributed by atoms with E-state index in [1.165, 1.54) is 0 Å². The standard InChI is InChI=1S/CH2N2Si/c2-1-4-3/h3H2. The van der Waals surface area contributed by atoms with Crippen molar-refractivity contribution < 1.29 is 0 Å². The molecule has 0 saturated carbocycles. The predicted octanol–water partition coefficient (Wildman–Crippen LogP) is -0.955. The van der Waals surface area contributed by atoms with Crippen LogP contribution in [0.15, 0.2) is 0 Å². The highest BCUT2D eigenvalue weighted by Crippen LogP contribution is 1.19. The molecule has 0 rings (SSSR count). The van der Waals surface area contributed by atoms with Crippen molar-refractivity contribution in [1.29, 1.82) is 5.26 Å². The summed E-state index contributed by atoms with van der Waals surface area (Å²) in [6.45, 7) is 0. The minimum absolute atomic E-state index is 0.0540. The van der Waals surface area contributed by atoms with E-state index in [-0.39, 0.29) is 9.68 Å². The van der Waals surface area contributed by atoms with E-state index < -0.39 is 0 Å². The Hall–Kier alpha value is -0.333. The Morgan fingerprint density at radius 2 is 2.25 bits per heavy atom. The fourth-order valence-corrected chi connectivity index (χ4v) is 0. The van der Waals surface area contributed by atoms with Gasteiger partial charge in [-0.15, -0.1) is 0 Å². The first kappa shape index (κ1) is 3.67. The highest BCUT2D eigenvalue weighted by molar-refractivity contribution is 6.40. The van der Waals surface area contributed by atoms with Gasteiger partial charge in [-0.05, 0) is 0 Å². The van der Waals surface area contributed by atoms with Gasteiger partial charge in [0.05, 0.1) is 0 Å². The third-order valence-electron chi connectivity index (χ3n) is 0.0645. The lowest BCUT2D eigenvalue weighted by atomic mass is 11.8. The fourth-order valence-electron chi connectivity index (χ4n) is 0. The van der Waals surface area contributed by atoms with Crippen LogP contribution in [0.2, 0.25) is 0 Å². The first-order valence-corrected chi connectivity index (χ1v) is 1.84. The second-order valence-electron chi connectivity index (χ2n) is 0.256. The van der Waals surface area contributed by atoms with Crippen molar-refractivity contribution in [2.24, 2.45) is 5.40 Å². The van der Waals surface area contributed by atoms with Gasteiger partial charge in [-0.25, -0.2) is 5.26 Å². The van der Waals surface area contributed by atoms with Gasteiger partial charge in [0.1, 0.15) is 0 Å². The third-order valence-corrected chi connectivity index (χ3v) is 0.194. The van der Waals surface area contributed by atoms with Crippen molar-refractivity contribution in [2.75, 3.05) is 0 Å². The Morgan fingerprint density at radius 1 is 2.00 bits per heavy atom. The maximum absolute atomic E-state index is 7.51. The molecule has 0 fully saturated rings. The second kappa shape index (κ2) is 2.67. The summed E-state index contributed by atoms with van der Waals surface area (Å²) in [4.78, 5) is 0. The van der Waals surface area contributed by atoms with Crippen molar-refractivity contribution in [3.05, 3.63) is 0 Å². The Morgan fingerprint density at radius 3 is 2.25 bits per heavy atom. The van der Waals surface area contributed by atoms with Crippen LogP contribution in [0.5, 0.6) is 0 Å². The van der Waals surface area contributed by atoms with Gasteiger partial charge in [-0.3, -0.25) is 0 Å². The summed E-state index contributed by atoms with van der Waals surface area (Å²) in [6.07, 6.45) is 0. The summed E-state index contributed by atoms with van der Waals surface area (Å²) >= 11 is 0. The smallest absolute Gasteiger partial charge is 0.283 e. The number of hydrogen-bond acceptors (Lipinski definition) is 2. The van der Waals surface area contributed by atoms with Crippen LogP contribution in [-0.4, -0.2) is 9.68 Å². The summed E-state index contributed by atoms with van der Waals surface area (Å²) in [5.41, 5.74) is 1.74. The minimum Gasteiger partial charge on any atom is -0.340 e. The molecule has 0 aromatic heterocycles. The van der Waals surface area contributed by atoms with E-state index in [0.29, 0.717) is 0 Å². The quantitative estimate of drug-likeness (QED) is 0.373. The molecule has 0 atom stereocenters. The molecule has 0 spiro atoms. The van der Waals surface area contributed by atoms with Gasteiger partial charge >= 0.3 is 0 Å². The summed E-state index contributed by atoms with van der Waals surface area (Å²) in [7, 11) is -0.0540. The van der Waals surface area contributed by atoms with Crippen LogP contribution in [0, 0.1) is 11.0 Å². The molecule has 0 aliphatic rings. The minimum atomic E-state index is -0.0540. The Bertz CT molecular complexity index is 35.8. The lowest BCUT2D eigenvalue weighted by Gasteiger charge is -1.44. The molecule has 0 aliphatic heterocycles. The molecule has 2 nitrogen and oxygen atoms in total. The van der Waals surface area contributed by atoms with Crippen molar-refractivity contribution in [1.82, 2.24) is 0 Å². The van der Waals surface area contributed by atoms with Crippen LogP contribution >= 0.6 is 0 Å². The van der Waals surface area contributed by atoms with Crippen LogP contribution < -0.4 is 5.40 Å². The number of rotatable bonds is 0. The van der Waals surface area contributed by atoms with E-state index in [1.54, 1.807) is 5.69 Å². The zero-order valence-electron chi connectivity index (χ0n) is 2.02. The normalized spacial score (nSPS) is 5.00. The lowest BCUT2D eigenvalue weighted by molar-refractivity contribution is 1.56. The monoisotopic (exact) mass is 70.0 g/mol. The van der Waals surface area contributed by atoms with Gasteiger partial charge < -0.3 is 5.40 Å². The van der Waals surface area contributed by atoms with Gasteiger partial charge in [0, 0.05) is 5.69 Å². The van der Waals surface area contributed by atoms with Gasteiger partial charge in [-0.1, -0.05) is 0 Å². The predicted molar refractivity (Wildman–Crippen MR) is 15.6 cm³/mol. The lowest BCUT2D eigenvalue weighted by Crippen LogP contribution is -1.98. The molecule has 0 heterocycles. The van der Waals surface area contributed by atoms with E-state index in [4.69, 9.17) is 10.7 Å². The molecule has 4 heavy (non-hydrogen) atoms.